The van der Waals surface area contributed by atoms with E-state index in [0.29, 0.717) is 11.3 Å². The van der Waals surface area contributed by atoms with Crippen LogP contribution in [0.3, 0.4) is 0 Å². The van der Waals surface area contributed by atoms with Gasteiger partial charge in [0.15, 0.2) is 0 Å². The first-order valence-electron chi connectivity index (χ1n) is 11.4. The summed E-state index contributed by atoms with van der Waals surface area (Å²) in [5.41, 5.74) is 3.61. The molecule has 1 aromatic heterocycles. The second-order valence-electron chi connectivity index (χ2n) is 8.67. The van der Waals surface area contributed by atoms with Gasteiger partial charge in [-0.1, -0.05) is 31.9 Å². The molecule has 4 aromatic rings. The van der Waals surface area contributed by atoms with Crippen molar-refractivity contribution in [3.63, 3.8) is 0 Å². The number of thiophene rings is 1. The lowest BCUT2D eigenvalue weighted by Crippen LogP contribution is -2.33. The second kappa shape index (κ2) is 9.50. The molecule has 36 heavy (non-hydrogen) atoms. The molecule has 0 bridgehead atoms. The van der Waals surface area contributed by atoms with Gasteiger partial charge in [0.05, 0.1) is 22.2 Å². The number of esters is 1. The van der Waals surface area contributed by atoms with Crippen LogP contribution in [0.25, 0.3) is 0 Å². The van der Waals surface area contributed by atoms with E-state index in [0.717, 1.165) is 38.0 Å². The van der Waals surface area contributed by atoms with Crippen LogP contribution in [0.4, 0.5) is 0 Å². The molecule has 0 saturated carbocycles. The molecule has 0 N–H and O–H groups in total. The minimum absolute atomic E-state index is 0.0727. The predicted molar refractivity (Wildman–Crippen MR) is 148 cm³/mol. The third-order valence-electron chi connectivity index (χ3n) is 6.23. The number of hydrogen-bond donors (Lipinski definition) is 0. The SMILES string of the molecule is Cc1ccc(C2=NN3[C@H](C2)c2cc(Br)ccc2O[C@@H]3c2ccc(OC(=O)c3ccc(Br)cc3)cc2)s1. The van der Waals surface area contributed by atoms with E-state index in [-0.39, 0.29) is 6.04 Å². The summed E-state index contributed by atoms with van der Waals surface area (Å²) < 4.78 is 14.0. The number of ether oxygens (including phenoxy) is 2. The highest BCUT2D eigenvalue weighted by atomic mass is 79.9. The fourth-order valence-corrected chi connectivity index (χ4v) is 5.97. The summed E-state index contributed by atoms with van der Waals surface area (Å²) >= 11 is 8.74. The van der Waals surface area contributed by atoms with Gasteiger partial charge in [-0.2, -0.15) is 5.10 Å². The van der Waals surface area contributed by atoms with E-state index in [1.54, 1.807) is 35.6 Å². The first kappa shape index (κ1) is 23.5. The number of hydrogen-bond acceptors (Lipinski definition) is 6. The molecule has 5 nitrogen and oxygen atoms in total. The van der Waals surface area contributed by atoms with E-state index in [1.807, 2.05) is 36.4 Å². The van der Waals surface area contributed by atoms with Crippen LogP contribution in [0.1, 0.15) is 49.9 Å². The fraction of sp³-hybridized carbons (Fsp3) is 0.143. The summed E-state index contributed by atoms with van der Waals surface area (Å²) in [6.45, 7) is 2.11. The number of aryl methyl sites for hydroxylation is 1. The van der Waals surface area contributed by atoms with E-state index in [9.17, 15) is 4.79 Å². The van der Waals surface area contributed by atoms with E-state index < -0.39 is 12.2 Å². The van der Waals surface area contributed by atoms with E-state index in [1.165, 1.54) is 9.75 Å². The van der Waals surface area contributed by atoms with Crippen LogP contribution in [-0.4, -0.2) is 16.7 Å². The monoisotopic (exact) mass is 622 g/mol. The molecule has 0 saturated heterocycles. The number of hydrazone groups is 1. The largest absolute Gasteiger partial charge is 0.464 e. The van der Waals surface area contributed by atoms with Crippen LogP contribution < -0.4 is 9.47 Å². The van der Waals surface area contributed by atoms with Crippen molar-refractivity contribution in [3.8, 4) is 11.5 Å². The normalized spacial score (nSPS) is 18.2. The van der Waals surface area contributed by atoms with E-state index in [2.05, 4.69) is 62.0 Å². The fourth-order valence-electron chi connectivity index (χ4n) is 4.47. The highest BCUT2D eigenvalue weighted by Gasteiger charge is 2.41. The maximum Gasteiger partial charge on any atom is 0.343 e. The maximum atomic E-state index is 12.5. The average molecular weight is 624 g/mol. The number of carbonyl (C=O) groups is 1. The van der Waals surface area contributed by atoms with E-state index >= 15 is 0 Å². The molecule has 0 amide bonds. The number of fused-ring (bicyclic) bond motifs is 3. The zero-order valence-electron chi connectivity index (χ0n) is 19.2. The van der Waals surface area contributed by atoms with Crippen LogP contribution >= 0.6 is 43.2 Å². The summed E-state index contributed by atoms with van der Waals surface area (Å²) in [4.78, 5) is 15.0. The molecule has 0 unspecified atom stereocenters. The van der Waals surface area contributed by atoms with Crippen molar-refractivity contribution in [2.45, 2.75) is 25.6 Å². The molecular weight excluding hydrogens is 604 g/mol. The third kappa shape index (κ3) is 4.49. The van der Waals surface area contributed by atoms with Crippen LogP contribution in [-0.2, 0) is 0 Å². The van der Waals surface area contributed by atoms with Crippen molar-refractivity contribution in [1.82, 2.24) is 5.01 Å². The van der Waals surface area contributed by atoms with Gasteiger partial charge in [0.2, 0.25) is 6.23 Å². The van der Waals surface area contributed by atoms with Gasteiger partial charge in [0.25, 0.3) is 0 Å². The number of rotatable bonds is 4. The van der Waals surface area contributed by atoms with Crippen molar-refractivity contribution in [3.05, 3.63) is 114 Å². The van der Waals surface area contributed by atoms with Crippen LogP contribution in [0.2, 0.25) is 0 Å². The third-order valence-corrected chi connectivity index (χ3v) is 8.30. The zero-order valence-corrected chi connectivity index (χ0v) is 23.1. The van der Waals surface area contributed by atoms with Crippen molar-refractivity contribution in [2.24, 2.45) is 5.10 Å². The van der Waals surface area contributed by atoms with Gasteiger partial charge in [0, 0.05) is 31.4 Å². The van der Waals surface area contributed by atoms with Crippen molar-refractivity contribution in [2.75, 3.05) is 0 Å². The molecular formula is C28H20Br2N2O3S. The Kier molecular flexibility index (Phi) is 6.19. The standard InChI is InChI=1S/C28H20Br2N2O3S/c1-16-2-13-26(36-16)23-15-24-22-14-20(30)9-12-25(22)35-27(32(24)31-23)17-5-10-21(11-6-17)34-28(33)18-3-7-19(29)8-4-18/h2-14,24,27H,15H2,1H3/t24-,27-/m1/s1. The Hall–Kier alpha value is -2.94. The summed E-state index contributed by atoms with van der Waals surface area (Å²) in [6.07, 6.45) is 0.421. The molecule has 0 radical (unpaired) electrons. The van der Waals surface area contributed by atoms with Gasteiger partial charge >= 0.3 is 5.97 Å². The maximum absolute atomic E-state index is 12.5. The Morgan fingerprint density at radius 3 is 2.47 bits per heavy atom. The van der Waals surface area contributed by atoms with Gasteiger partial charge in [0.1, 0.15) is 11.5 Å². The lowest BCUT2D eigenvalue weighted by molar-refractivity contribution is -0.0190. The molecule has 6 rings (SSSR count). The van der Waals surface area contributed by atoms with Gasteiger partial charge < -0.3 is 9.47 Å². The second-order valence-corrected chi connectivity index (χ2v) is 11.8. The summed E-state index contributed by atoms with van der Waals surface area (Å²) in [5.74, 6) is 0.931. The lowest BCUT2D eigenvalue weighted by Gasteiger charge is -2.38. The van der Waals surface area contributed by atoms with Gasteiger partial charge in [-0.05, 0) is 85.8 Å². The first-order chi connectivity index (χ1) is 17.4. The molecule has 0 fully saturated rings. The first-order valence-corrected chi connectivity index (χ1v) is 13.8. The van der Waals surface area contributed by atoms with Crippen molar-refractivity contribution < 1.29 is 14.3 Å². The van der Waals surface area contributed by atoms with Crippen molar-refractivity contribution in [1.29, 1.82) is 0 Å². The molecule has 0 spiro atoms. The van der Waals surface area contributed by atoms with Crippen LogP contribution in [0.5, 0.6) is 11.5 Å². The summed E-state index contributed by atoms with van der Waals surface area (Å²) in [6, 6.07) is 25.0. The predicted octanol–water partition coefficient (Wildman–Crippen LogP) is 8.04. The van der Waals surface area contributed by atoms with E-state index in [4.69, 9.17) is 14.6 Å². The average Bonchev–Trinajstić information content (AvgIpc) is 3.51. The molecule has 8 heteroatoms. The minimum Gasteiger partial charge on any atom is -0.464 e. The highest BCUT2D eigenvalue weighted by Crippen LogP contribution is 2.48. The Labute approximate surface area is 229 Å². The molecule has 2 aliphatic rings. The highest BCUT2D eigenvalue weighted by molar-refractivity contribution is 9.10. The topological polar surface area (TPSA) is 51.1 Å². The molecule has 3 heterocycles. The Morgan fingerprint density at radius 2 is 1.75 bits per heavy atom. The minimum atomic E-state index is -0.399. The molecule has 2 atom stereocenters. The number of benzene rings is 3. The molecule has 0 aliphatic carbocycles. The number of halogens is 2. The summed E-state index contributed by atoms with van der Waals surface area (Å²) in [5, 5.41) is 7.09. The Morgan fingerprint density at radius 1 is 1.00 bits per heavy atom. The van der Waals surface area contributed by atoms with Crippen LogP contribution in [0.15, 0.2) is 92.9 Å². The van der Waals surface area contributed by atoms with Gasteiger partial charge in [-0.25, -0.2) is 9.80 Å². The summed E-state index contributed by atoms with van der Waals surface area (Å²) in [7, 11) is 0. The number of carbonyl (C=O) groups excluding carboxylic acids is 1. The quantitative estimate of drug-likeness (QED) is 0.170. The Bertz CT molecular complexity index is 1480. The lowest BCUT2D eigenvalue weighted by atomic mass is 9.97. The molecule has 2 aliphatic heterocycles. The Balaban J connectivity index is 1.29. The smallest absolute Gasteiger partial charge is 0.343 e. The molecule has 180 valence electrons. The van der Waals surface area contributed by atoms with Crippen molar-refractivity contribution >= 4 is 54.9 Å². The van der Waals surface area contributed by atoms with Crippen LogP contribution in [0, 0.1) is 6.92 Å². The van der Waals surface area contributed by atoms with Gasteiger partial charge in [-0.3, -0.25) is 0 Å². The number of nitrogens with zero attached hydrogens (tertiary/aromatic N) is 2. The van der Waals surface area contributed by atoms with Gasteiger partial charge in [-0.15, -0.1) is 11.3 Å². The zero-order chi connectivity index (χ0) is 24.8. The molecule has 3 aromatic carbocycles.